The second-order valence-electron chi connectivity index (χ2n) is 4.74. The Labute approximate surface area is 152 Å². The van der Waals surface area contributed by atoms with Crippen LogP contribution in [0.25, 0.3) is 22.3 Å². The Morgan fingerprint density at radius 3 is 2.17 bits per heavy atom. The number of methoxy groups -OCH3 is 2. The Kier molecular flexibility index (Phi) is 4.54. The molecule has 0 radical (unpaired) electrons. The molecule has 3 rings (SSSR count). The van der Waals surface area contributed by atoms with Crippen molar-refractivity contribution in [3.63, 3.8) is 0 Å². The third-order valence-electron chi connectivity index (χ3n) is 3.38. The van der Waals surface area contributed by atoms with Gasteiger partial charge in [-0.25, -0.2) is 15.0 Å². The number of pyridine rings is 1. The molecule has 0 saturated carbocycles. The van der Waals surface area contributed by atoms with Crippen LogP contribution in [0.1, 0.15) is 0 Å². The average Bonchev–Trinajstić information content (AvgIpc) is 2.56. The van der Waals surface area contributed by atoms with Gasteiger partial charge in [-0.3, -0.25) is 0 Å². The number of hydrogen-bond acceptors (Lipinski definition) is 6. The number of ether oxygens (including phenoxy) is 2. The first-order chi connectivity index (χ1) is 11.5. The van der Waals surface area contributed by atoms with E-state index in [1.807, 2.05) is 0 Å². The van der Waals surface area contributed by atoms with Crippen molar-refractivity contribution in [2.45, 2.75) is 0 Å². The van der Waals surface area contributed by atoms with E-state index >= 15 is 0 Å². The molecule has 2 N–H and O–H groups in total. The Bertz CT molecular complexity index is 922. The predicted molar refractivity (Wildman–Crippen MR) is 95.3 cm³/mol. The van der Waals surface area contributed by atoms with Crippen molar-refractivity contribution in [2.24, 2.45) is 0 Å². The number of nitrogen functional groups attached to an aromatic ring is 1. The predicted octanol–water partition coefficient (Wildman–Crippen LogP) is 4.25. The largest absolute Gasteiger partial charge is 0.495 e. The number of nitrogens with two attached hydrogens (primary N) is 1. The van der Waals surface area contributed by atoms with E-state index < -0.39 is 0 Å². The summed E-state index contributed by atoms with van der Waals surface area (Å²) in [5.74, 6) is 1.22. The van der Waals surface area contributed by atoms with E-state index in [4.69, 9.17) is 50.0 Å². The van der Waals surface area contributed by atoms with Crippen LogP contribution in [-0.4, -0.2) is 29.2 Å². The Balaban J connectivity index is 2.33. The van der Waals surface area contributed by atoms with Gasteiger partial charge in [-0.1, -0.05) is 34.8 Å². The van der Waals surface area contributed by atoms with Crippen molar-refractivity contribution in [3.05, 3.63) is 33.5 Å². The third kappa shape index (κ3) is 2.77. The molecule has 0 atom stereocenters. The lowest BCUT2D eigenvalue weighted by molar-refractivity contribution is 0.395. The molecule has 0 bridgehead atoms. The molecule has 6 nitrogen and oxygen atoms in total. The normalized spacial score (nSPS) is 10.9. The van der Waals surface area contributed by atoms with Crippen LogP contribution in [0.15, 0.2) is 18.3 Å². The fourth-order valence-electron chi connectivity index (χ4n) is 2.22. The monoisotopic (exact) mass is 384 g/mol. The highest BCUT2D eigenvalue weighted by Crippen LogP contribution is 2.45. The first-order valence-electron chi connectivity index (χ1n) is 6.65. The molecular formula is C15H11Cl3N4O2. The van der Waals surface area contributed by atoms with Gasteiger partial charge in [0.1, 0.15) is 22.5 Å². The van der Waals surface area contributed by atoms with Crippen molar-refractivity contribution in [1.29, 1.82) is 0 Å². The minimum Gasteiger partial charge on any atom is -0.495 e. The van der Waals surface area contributed by atoms with Crippen LogP contribution in [0.2, 0.25) is 15.2 Å². The van der Waals surface area contributed by atoms with Crippen LogP contribution < -0.4 is 15.2 Å². The summed E-state index contributed by atoms with van der Waals surface area (Å²) in [7, 11) is 2.97. The van der Waals surface area contributed by atoms with Gasteiger partial charge in [0.25, 0.3) is 0 Å². The van der Waals surface area contributed by atoms with Gasteiger partial charge in [-0.2, -0.15) is 0 Å². The highest BCUT2D eigenvalue weighted by atomic mass is 35.5. The van der Waals surface area contributed by atoms with E-state index in [1.165, 1.54) is 20.4 Å². The van der Waals surface area contributed by atoms with Gasteiger partial charge in [0.05, 0.1) is 41.5 Å². The van der Waals surface area contributed by atoms with Crippen molar-refractivity contribution < 1.29 is 9.47 Å². The van der Waals surface area contributed by atoms with Crippen LogP contribution >= 0.6 is 34.8 Å². The lowest BCUT2D eigenvalue weighted by Crippen LogP contribution is -2.01. The molecule has 2 aromatic heterocycles. The highest BCUT2D eigenvalue weighted by molar-refractivity contribution is 6.41. The summed E-state index contributed by atoms with van der Waals surface area (Å²) >= 11 is 18.6. The number of fused-ring (bicyclic) bond motifs is 1. The topological polar surface area (TPSA) is 83.2 Å². The number of anilines is 1. The summed E-state index contributed by atoms with van der Waals surface area (Å²) in [6.07, 6.45) is 1.50. The van der Waals surface area contributed by atoms with Gasteiger partial charge in [-0.15, -0.1) is 0 Å². The molecule has 0 unspecified atom stereocenters. The molecule has 0 spiro atoms. The number of benzene rings is 1. The molecule has 9 heteroatoms. The molecule has 0 aliphatic heterocycles. The Hall–Kier alpha value is -2.02. The summed E-state index contributed by atoms with van der Waals surface area (Å²) in [6, 6.07) is 3.17. The average molecular weight is 386 g/mol. The minimum atomic E-state index is 0.230. The lowest BCUT2D eigenvalue weighted by atomic mass is 10.1. The van der Waals surface area contributed by atoms with E-state index in [0.29, 0.717) is 33.1 Å². The van der Waals surface area contributed by atoms with E-state index in [1.54, 1.807) is 12.1 Å². The van der Waals surface area contributed by atoms with Crippen molar-refractivity contribution in [2.75, 3.05) is 20.0 Å². The molecule has 0 fully saturated rings. The first kappa shape index (κ1) is 16.8. The maximum absolute atomic E-state index is 6.38. The van der Waals surface area contributed by atoms with Crippen molar-refractivity contribution >= 4 is 51.5 Å². The number of nitrogens with zero attached hydrogens (tertiary/aromatic N) is 3. The summed E-state index contributed by atoms with van der Waals surface area (Å²) in [5.41, 5.74) is 6.89. The first-order valence-corrected chi connectivity index (χ1v) is 7.78. The standard InChI is InChI=1S/C15H11Cl3N4O2/c1-23-8-4-9(24-2)13(18)11(12(8)17)15-21-7-5-20-10(16)3-6(7)14(19)22-15/h3-5H,1-2H3,(H2,19,21,22). The van der Waals surface area contributed by atoms with Crippen molar-refractivity contribution in [3.8, 4) is 22.9 Å². The summed E-state index contributed by atoms with van der Waals surface area (Å²) < 4.78 is 10.5. The molecule has 0 aliphatic carbocycles. The maximum atomic E-state index is 6.38. The number of aromatic nitrogens is 3. The molecule has 24 heavy (non-hydrogen) atoms. The molecular weight excluding hydrogens is 375 g/mol. The minimum absolute atomic E-state index is 0.230. The van der Waals surface area contributed by atoms with Crippen LogP contribution in [-0.2, 0) is 0 Å². The van der Waals surface area contributed by atoms with E-state index in [9.17, 15) is 0 Å². The van der Waals surface area contributed by atoms with E-state index in [0.717, 1.165) is 0 Å². The van der Waals surface area contributed by atoms with Gasteiger partial charge in [0.2, 0.25) is 0 Å². The highest BCUT2D eigenvalue weighted by Gasteiger charge is 2.21. The molecule has 3 aromatic rings. The zero-order valence-corrected chi connectivity index (χ0v) is 14.9. The second-order valence-corrected chi connectivity index (χ2v) is 5.88. The second kappa shape index (κ2) is 6.47. The summed E-state index contributed by atoms with van der Waals surface area (Å²) in [4.78, 5) is 12.7. The smallest absolute Gasteiger partial charge is 0.165 e. The van der Waals surface area contributed by atoms with Crippen LogP contribution in [0.4, 0.5) is 5.82 Å². The van der Waals surface area contributed by atoms with Gasteiger partial charge >= 0.3 is 0 Å². The van der Waals surface area contributed by atoms with Gasteiger partial charge in [-0.05, 0) is 6.07 Å². The molecule has 0 aliphatic rings. The van der Waals surface area contributed by atoms with Crippen LogP contribution in [0.3, 0.4) is 0 Å². The van der Waals surface area contributed by atoms with E-state index in [-0.39, 0.29) is 21.7 Å². The number of hydrogen-bond donors (Lipinski definition) is 1. The third-order valence-corrected chi connectivity index (χ3v) is 4.33. The molecule has 124 valence electrons. The van der Waals surface area contributed by atoms with Crippen molar-refractivity contribution in [1.82, 2.24) is 15.0 Å². The fraction of sp³-hybridized carbons (Fsp3) is 0.133. The summed E-state index contributed by atoms with van der Waals surface area (Å²) in [6.45, 7) is 0. The van der Waals surface area contributed by atoms with Crippen LogP contribution in [0, 0.1) is 0 Å². The number of halogens is 3. The Morgan fingerprint density at radius 2 is 1.58 bits per heavy atom. The lowest BCUT2D eigenvalue weighted by Gasteiger charge is -2.14. The van der Waals surface area contributed by atoms with Gasteiger partial charge in [0.15, 0.2) is 5.82 Å². The van der Waals surface area contributed by atoms with Gasteiger partial charge < -0.3 is 15.2 Å². The Morgan fingerprint density at radius 1 is 0.958 bits per heavy atom. The SMILES string of the molecule is COc1cc(OC)c(Cl)c(-c2nc(N)c3cc(Cl)ncc3n2)c1Cl. The zero-order valence-electron chi connectivity index (χ0n) is 12.6. The van der Waals surface area contributed by atoms with Gasteiger partial charge in [0, 0.05) is 11.5 Å². The molecule has 1 aromatic carbocycles. The zero-order chi connectivity index (χ0) is 17.4. The number of rotatable bonds is 3. The molecule has 0 saturated heterocycles. The molecule has 0 amide bonds. The maximum Gasteiger partial charge on any atom is 0.165 e. The summed E-state index contributed by atoms with van der Waals surface area (Å²) in [5, 5.41) is 1.39. The van der Waals surface area contributed by atoms with Crippen LogP contribution in [0.5, 0.6) is 11.5 Å². The quantitative estimate of drug-likeness (QED) is 0.679. The fourth-order valence-corrected chi connectivity index (χ4v) is 3.05. The van der Waals surface area contributed by atoms with E-state index in [2.05, 4.69) is 15.0 Å². The molecule has 2 heterocycles.